The van der Waals surface area contributed by atoms with Crippen LogP contribution in [0.15, 0.2) is 43.6 Å². The molecule has 0 N–H and O–H groups in total. The van der Waals surface area contributed by atoms with Crippen LogP contribution in [0.3, 0.4) is 0 Å². The van der Waals surface area contributed by atoms with Crippen LogP contribution in [-0.4, -0.2) is 4.98 Å². The first kappa shape index (κ1) is 20.2. The summed E-state index contributed by atoms with van der Waals surface area (Å²) in [5, 5.41) is 0. The van der Waals surface area contributed by atoms with Gasteiger partial charge < -0.3 is 19.3 Å². The first-order valence-electron chi connectivity index (χ1n) is 6.35. The molecule has 2 aromatic rings. The predicted octanol–water partition coefficient (Wildman–Crippen LogP) is 5.05. The Bertz CT molecular complexity index is 588. The quantitative estimate of drug-likeness (QED) is 0.637. The fourth-order valence-corrected chi connectivity index (χ4v) is 2.10. The third-order valence-electron chi connectivity index (χ3n) is 2.99. The van der Waals surface area contributed by atoms with Crippen molar-refractivity contribution in [3.63, 3.8) is 0 Å². The molecule has 1 aromatic heterocycles. The molecule has 0 aliphatic heterocycles. The Morgan fingerprint density at radius 2 is 2.00 bits per heavy atom. The zero-order valence-corrected chi connectivity index (χ0v) is 16.3. The summed E-state index contributed by atoms with van der Waals surface area (Å²) in [6.45, 7) is 11.7. The van der Waals surface area contributed by atoms with Gasteiger partial charge in [0.1, 0.15) is 0 Å². The Hall–Kier alpha value is -0.786. The van der Waals surface area contributed by atoms with Gasteiger partial charge in [0.2, 0.25) is 0 Å². The maximum absolute atomic E-state index is 4.41. The van der Waals surface area contributed by atoms with Gasteiger partial charge in [-0.25, -0.2) is 0 Å². The number of pyridine rings is 1. The molecule has 0 aliphatic carbocycles. The molecule has 2 rings (SSSR count). The third-order valence-corrected chi connectivity index (χ3v) is 2.99. The van der Waals surface area contributed by atoms with Crippen LogP contribution < -0.4 is 0 Å². The average Bonchev–Trinajstić information content (AvgIpc) is 2.47. The van der Waals surface area contributed by atoms with Crippen molar-refractivity contribution >= 4 is 12.2 Å². The van der Waals surface area contributed by atoms with Crippen molar-refractivity contribution in [2.45, 2.75) is 12.8 Å². The van der Waals surface area contributed by atoms with E-state index in [0.29, 0.717) is 0 Å². The Labute approximate surface area is 162 Å². The first-order chi connectivity index (χ1) is 9.30. The molecule has 0 aliphatic rings. The van der Waals surface area contributed by atoms with Gasteiger partial charge in [0.25, 0.3) is 0 Å². The van der Waals surface area contributed by atoms with Crippen molar-refractivity contribution in [2.75, 3.05) is 0 Å². The molecule has 0 saturated carbocycles. The average molecular weight is 403 g/mol. The van der Waals surface area contributed by atoms with Crippen LogP contribution >= 0.6 is 0 Å². The van der Waals surface area contributed by atoms with E-state index in [1.807, 2.05) is 30.4 Å². The van der Waals surface area contributed by atoms with Gasteiger partial charge in [-0.2, -0.15) is 6.42 Å². The summed E-state index contributed by atoms with van der Waals surface area (Å²) in [6, 6.07) is 11.4. The Morgan fingerprint density at radius 1 is 1.24 bits per heavy atom. The van der Waals surface area contributed by atoms with Gasteiger partial charge in [-0.05, 0) is 11.8 Å². The minimum atomic E-state index is 0. The van der Waals surface area contributed by atoms with E-state index in [0.717, 1.165) is 40.8 Å². The summed E-state index contributed by atoms with van der Waals surface area (Å²) in [5.41, 5.74) is 5.12. The van der Waals surface area contributed by atoms with Crippen LogP contribution in [-0.2, 0) is 6.42 Å². The van der Waals surface area contributed by atoms with E-state index in [4.69, 9.17) is 0 Å². The molecule has 2 heteroatoms. The molecule has 1 heterocycles. The third kappa shape index (κ3) is 4.86. The van der Waals surface area contributed by atoms with Gasteiger partial charge in [-0.3, -0.25) is 0 Å². The van der Waals surface area contributed by atoms with Crippen LogP contribution in [0.4, 0.5) is 0 Å². The maximum Gasteiger partial charge on any atom is 3.00 e. The predicted molar refractivity (Wildman–Crippen MR) is 88.8 cm³/mol. The fraction of sp³-hybridized carbons (Fsp3) is 0.105. The second-order valence-corrected chi connectivity index (χ2v) is 4.27. The summed E-state index contributed by atoms with van der Waals surface area (Å²) in [6.07, 6.45) is 7.23. The molecule has 0 atom stereocenters. The SMILES string of the molecule is C=Cc1cc(CC[CH2-])[c-]c(-c2ccccn2)c1C=C.[CH3-].[Pr+3]. The summed E-state index contributed by atoms with van der Waals surface area (Å²) in [7, 11) is 0. The van der Waals surface area contributed by atoms with E-state index in [2.05, 4.69) is 37.2 Å². The van der Waals surface area contributed by atoms with Crippen molar-refractivity contribution in [3.8, 4) is 11.3 Å². The second-order valence-electron chi connectivity index (χ2n) is 4.27. The molecule has 0 saturated heterocycles. The van der Waals surface area contributed by atoms with E-state index in [-0.39, 0.29) is 48.7 Å². The van der Waals surface area contributed by atoms with Crippen LogP contribution in [0.2, 0.25) is 0 Å². The van der Waals surface area contributed by atoms with Crippen LogP contribution in [0.5, 0.6) is 0 Å². The van der Waals surface area contributed by atoms with E-state index < -0.39 is 0 Å². The molecule has 21 heavy (non-hydrogen) atoms. The molecule has 0 radical (unpaired) electrons. The molecule has 1 nitrogen and oxygen atoms in total. The molecule has 0 spiro atoms. The number of benzene rings is 1. The largest absolute Gasteiger partial charge is 3.00 e. The molecule has 104 valence electrons. The smallest absolute Gasteiger partial charge is 0.358 e. The second kappa shape index (κ2) is 10.0. The van der Waals surface area contributed by atoms with Gasteiger partial charge in [-0.15, -0.1) is 53.6 Å². The van der Waals surface area contributed by atoms with E-state index >= 15 is 0 Å². The van der Waals surface area contributed by atoms with Crippen molar-refractivity contribution in [1.29, 1.82) is 0 Å². The van der Waals surface area contributed by atoms with Crippen molar-refractivity contribution in [1.82, 2.24) is 4.98 Å². The van der Waals surface area contributed by atoms with Gasteiger partial charge in [0, 0.05) is 6.20 Å². The zero-order chi connectivity index (χ0) is 13.7. The van der Waals surface area contributed by atoms with Gasteiger partial charge in [0.05, 0.1) is 0 Å². The van der Waals surface area contributed by atoms with Crippen molar-refractivity contribution < 1.29 is 41.3 Å². The van der Waals surface area contributed by atoms with E-state index in [9.17, 15) is 0 Å². The fourth-order valence-electron chi connectivity index (χ4n) is 2.10. The molecule has 0 bridgehead atoms. The van der Waals surface area contributed by atoms with E-state index in [1.54, 1.807) is 6.20 Å². The summed E-state index contributed by atoms with van der Waals surface area (Å²) in [5.74, 6) is 0. The van der Waals surface area contributed by atoms with Crippen molar-refractivity contribution in [2.24, 2.45) is 0 Å². The number of aromatic nitrogens is 1. The molecule has 0 unspecified atom stereocenters. The van der Waals surface area contributed by atoms with Gasteiger partial charge in [-0.1, -0.05) is 24.6 Å². The number of hydrogen-bond donors (Lipinski definition) is 0. The summed E-state index contributed by atoms with van der Waals surface area (Å²) in [4.78, 5) is 4.41. The number of aryl methyl sites for hydroxylation is 1. The van der Waals surface area contributed by atoms with Crippen molar-refractivity contribution in [3.05, 3.63) is 80.7 Å². The Kier molecular flexibility index (Phi) is 9.65. The molecular weight excluding hydrogens is 383 g/mol. The normalized spacial score (nSPS) is 9.19. The number of rotatable bonds is 5. The maximum atomic E-state index is 4.41. The minimum Gasteiger partial charge on any atom is -0.358 e. The first-order valence-corrected chi connectivity index (χ1v) is 6.35. The van der Waals surface area contributed by atoms with Crippen LogP contribution in [0.25, 0.3) is 23.4 Å². The molecular formula is C19H20NPr. The molecule has 1 aromatic carbocycles. The van der Waals surface area contributed by atoms with E-state index in [1.165, 1.54) is 0 Å². The Balaban J connectivity index is 0.00000200. The zero-order valence-electron chi connectivity index (χ0n) is 12.6. The van der Waals surface area contributed by atoms with Gasteiger partial charge in [0.15, 0.2) is 0 Å². The summed E-state index contributed by atoms with van der Waals surface area (Å²) >= 11 is 0. The van der Waals surface area contributed by atoms with Gasteiger partial charge >= 0.3 is 41.3 Å². The summed E-state index contributed by atoms with van der Waals surface area (Å²) < 4.78 is 0. The molecule has 0 fully saturated rings. The Morgan fingerprint density at radius 3 is 2.52 bits per heavy atom. The van der Waals surface area contributed by atoms with Crippen LogP contribution in [0, 0.1) is 61.7 Å². The number of nitrogens with zero attached hydrogens (tertiary/aromatic N) is 1. The standard InChI is InChI=1S/C18H17N.CH3.Pr/c1-4-9-14-12-15(5-2)16(6-3)17(13-14)18-10-7-8-11-19-18;;/h5-8,10-12H,1-4,9H2;1H3;/q-2;-1;+3. The minimum absolute atomic E-state index is 0. The monoisotopic (exact) mass is 403 g/mol. The topological polar surface area (TPSA) is 12.9 Å². The number of hydrogen-bond acceptors (Lipinski definition) is 1. The molecule has 0 amide bonds. The van der Waals surface area contributed by atoms with Crippen LogP contribution in [0.1, 0.15) is 23.1 Å².